The first-order valence-corrected chi connectivity index (χ1v) is 9.82. The molecule has 3 aromatic rings. The minimum atomic E-state index is -1.38. The molecule has 1 unspecified atom stereocenters. The van der Waals surface area contributed by atoms with E-state index in [4.69, 9.17) is 16.4 Å². The van der Waals surface area contributed by atoms with Crippen molar-refractivity contribution in [1.29, 1.82) is 0 Å². The standard InChI is InChI=1S/C22H21ClFNO5/c1-2-13(11-26)12-30-25-10-17(22(28)29)21(27)16-9-14(6-7-19(16)25)8-15-4-3-5-18(23)20(15)24/h3-7,9-10,13,26H,2,8,11-12H2,1H3,(H,28,29). The van der Waals surface area contributed by atoms with Crippen LogP contribution in [0, 0.1) is 11.7 Å². The van der Waals surface area contributed by atoms with Gasteiger partial charge in [0.2, 0.25) is 5.43 Å². The van der Waals surface area contributed by atoms with E-state index in [1.165, 1.54) is 16.9 Å². The van der Waals surface area contributed by atoms with Gasteiger partial charge < -0.3 is 15.1 Å². The van der Waals surface area contributed by atoms with E-state index in [0.29, 0.717) is 23.1 Å². The molecule has 158 valence electrons. The van der Waals surface area contributed by atoms with Crippen LogP contribution in [0.3, 0.4) is 0 Å². The van der Waals surface area contributed by atoms with Crippen LogP contribution in [0.1, 0.15) is 34.8 Å². The number of pyridine rings is 1. The molecule has 2 aromatic carbocycles. The normalized spacial score (nSPS) is 12.1. The van der Waals surface area contributed by atoms with Crippen LogP contribution in [0.25, 0.3) is 10.9 Å². The van der Waals surface area contributed by atoms with E-state index < -0.39 is 22.8 Å². The second-order valence-electron chi connectivity index (χ2n) is 7.00. The van der Waals surface area contributed by atoms with Crippen molar-refractivity contribution in [1.82, 2.24) is 4.73 Å². The van der Waals surface area contributed by atoms with Crippen LogP contribution in [0.15, 0.2) is 47.4 Å². The Balaban J connectivity index is 2.06. The lowest BCUT2D eigenvalue weighted by Gasteiger charge is -2.17. The number of aromatic carboxylic acids is 1. The lowest BCUT2D eigenvalue weighted by Crippen LogP contribution is -2.26. The Hall–Kier alpha value is -2.90. The first-order chi connectivity index (χ1) is 14.3. The number of aromatic nitrogens is 1. The van der Waals surface area contributed by atoms with Crippen LogP contribution >= 0.6 is 11.6 Å². The largest absolute Gasteiger partial charge is 0.477 e. The average molecular weight is 434 g/mol. The zero-order chi connectivity index (χ0) is 21.8. The van der Waals surface area contributed by atoms with Crippen molar-refractivity contribution in [3.05, 3.63) is 80.3 Å². The molecule has 0 radical (unpaired) electrons. The number of aliphatic hydroxyl groups is 1. The van der Waals surface area contributed by atoms with Crippen LogP contribution < -0.4 is 10.3 Å². The number of hydrogen-bond donors (Lipinski definition) is 2. The molecule has 1 heterocycles. The molecule has 0 aliphatic heterocycles. The topological polar surface area (TPSA) is 88.8 Å². The lowest BCUT2D eigenvalue weighted by atomic mass is 10.0. The van der Waals surface area contributed by atoms with Gasteiger partial charge in [0.25, 0.3) is 0 Å². The van der Waals surface area contributed by atoms with Crippen molar-refractivity contribution >= 4 is 28.5 Å². The van der Waals surface area contributed by atoms with Crippen LogP contribution in [0.4, 0.5) is 4.39 Å². The average Bonchev–Trinajstić information content (AvgIpc) is 2.73. The molecular formula is C22H21ClFNO5. The number of halogens is 2. The molecule has 0 saturated carbocycles. The predicted molar refractivity (Wildman–Crippen MR) is 112 cm³/mol. The predicted octanol–water partition coefficient (Wildman–Crippen LogP) is 3.53. The number of hydrogen-bond acceptors (Lipinski definition) is 4. The maximum absolute atomic E-state index is 14.2. The molecule has 1 atom stereocenters. The van der Waals surface area contributed by atoms with Gasteiger partial charge in [0.15, 0.2) is 0 Å². The first-order valence-electron chi connectivity index (χ1n) is 9.44. The monoisotopic (exact) mass is 433 g/mol. The highest BCUT2D eigenvalue weighted by Gasteiger charge is 2.17. The third-order valence-electron chi connectivity index (χ3n) is 4.98. The molecular weight excluding hydrogens is 413 g/mol. The Morgan fingerprint density at radius 2 is 2.07 bits per heavy atom. The highest BCUT2D eigenvalue weighted by atomic mass is 35.5. The summed E-state index contributed by atoms with van der Waals surface area (Å²) >= 11 is 5.83. The van der Waals surface area contributed by atoms with Crippen molar-refractivity contribution < 1.29 is 24.2 Å². The first kappa shape index (κ1) is 21.8. The zero-order valence-corrected chi connectivity index (χ0v) is 17.0. The number of nitrogens with zero attached hydrogens (tertiary/aromatic N) is 1. The van der Waals surface area contributed by atoms with Gasteiger partial charge in [-0.05, 0) is 35.7 Å². The molecule has 8 heteroatoms. The highest BCUT2D eigenvalue weighted by molar-refractivity contribution is 6.30. The summed E-state index contributed by atoms with van der Waals surface area (Å²) in [7, 11) is 0. The second kappa shape index (κ2) is 9.28. The van der Waals surface area contributed by atoms with Gasteiger partial charge in [-0.1, -0.05) is 36.7 Å². The highest BCUT2D eigenvalue weighted by Crippen LogP contribution is 2.22. The molecule has 6 nitrogen and oxygen atoms in total. The van der Waals surface area contributed by atoms with Crippen molar-refractivity contribution in [2.24, 2.45) is 5.92 Å². The van der Waals surface area contributed by atoms with Gasteiger partial charge in [-0.2, -0.15) is 4.73 Å². The molecule has 1 aromatic heterocycles. The Morgan fingerprint density at radius 3 is 2.73 bits per heavy atom. The SMILES string of the molecule is CCC(CO)COn1cc(C(=O)O)c(=O)c2cc(Cc3cccc(Cl)c3F)ccc21. The number of fused-ring (bicyclic) bond motifs is 1. The zero-order valence-electron chi connectivity index (χ0n) is 16.3. The summed E-state index contributed by atoms with van der Waals surface area (Å²) in [4.78, 5) is 29.9. The molecule has 3 rings (SSSR count). The Bertz CT molecular complexity index is 1140. The molecule has 0 bridgehead atoms. The number of carbonyl (C=O) groups is 1. The van der Waals surface area contributed by atoms with Crippen molar-refractivity contribution in [2.75, 3.05) is 13.2 Å². The van der Waals surface area contributed by atoms with E-state index in [2.05, 4.69) is 0 Å². The number of aliphatic hydroxyl groups excluding tert-OH is 1. The Labute approximate surface area is 177 Å². The maximum atomic E-state index is 14.2. The smallest absolute Gasteiger partial charge is 0.341 e. The summed E-state index contributed by atoms with van der Waals surface area (Å²) in [5.74, 6) is -2.04. The van der Waals surface area contributed by atoms with E-state index in [1.54, 1.807) is 24.3 Å². The summed E-state index contributed by atoms with van der Waals surface area (Å²) in [5.41, 5.74) is 0.275. The number of carboxylic acid groups (broad SMARTS) is 1. The summed E-state index contributed by atoms with van der Waals surface area (Å²) < 4.78 is 15.5. The number of rotatable bonds is 8. The summed E-state index contributed by atoms with van der Waals surface area (Å²) in [5, 5.41) is 18.9. The van der Waals surface area contributed by atoms with Gasteiger partial charge in [-0.25, -0.2) is 9.18 Å². The molecule has 2 N–H and O–H groups in total. The molecule has 0 aliphatic carbocycles. The van der Waals surface area contributed by atoms with Gasteiger partial charge in [-0.15, -0.1) is 0 Å². The van der Waals surface area contributed by atoms with Crippen LogP contribution in [0.2, 0.25) is 5.02 Å². The van der Waals surface area contributed by atoms with Crippen LogP contribution in [0.5, 0.6) is 0 Å². The molecule has 0 saturated heterocycles. The summed E-state index contributed by atoms with van der Waals surface area (Å²) in [6, 6.07) is 9.56. The Morgan fingerprint density at radius 1 is 1.30 bits per heavy atom. The van der Waals surface area contributed by atoms with Crippen molar-refractivity contribution in [2.45, 2.75) is 19.8 Å². The fourth-order valence-corrected chi connectivity index (χ4v) is 3.30. The summed E-state index contributed by atoms with van der Waals surface area (Å²) in [6.07, 6.45) is 1.99. The van der Waals surface area contributed by atoms with Gasteiger partial charge in [-0.3, -0.25) is 4.79 Å². The van der Waals surface area contributed by atoms with Crippen LogP contribution in [-0.2, 0) is 6.42 Å². The Kier molecular flexibility index (Phi) is 6.74. The van der Waals surface area contributed by atoms with Gasteiger partial charge in [0.1, 0.15) is 18.0 Å². The molecule has 0 amide bonds. The minimum absolute atomic E-state index is 0.00608. The van der Waals surface area contributed by atoms with Gasteiger partial charge in [0.05, 0.1) is 22.1 Å². The van der Waals surface area contributed by atoms with E-state index >= 15 is 0 Å². The van der Waals surface area contributed by atoms with Crippen molar-refractivity contribution in [3.8, 4) is 0 Å². The molecule has 0 aliphatic rings. The summed E-state index contributed by atoms with van der Waals surface area (Å²) in [6.45, 7) is 1.98. The molecule has 0 fully saturated rings. The quantitative estimate of drug-likeness (QED) is 0.567. The van der Waals surface area contributed by atoms with E-state index in [-0.39, 0.29) is 36.0 Å². The fourth-order valence-electron chi connectivity index (χ4n) is 3.11. The number of benzene rings is 2. The van der Waals surface area contributed by atoms with Crippen LogP contribution in [-0.4, -0.2) is 34.1 Å². The van der Waals surface area contributed by atoms with Gasteiger partial charge in [0, 0.05) is 18.9 Å². The van der Waals surface area contributed by atoms with Gasteiger partial charge >= 0.3 is 5.97 Å². The van der Waals surface area contributed by atoms with E-state index in [1.807, 2.05) is 6.92 Å². The van der Waals surface area contributed by atoms with E-state index in [0.717, 1.165) is 6.20 Å². The third kappa shape index (κ3) is 4.47. The maximum Gasteiger partial charge on any atom is 0.341 e. The van der Waals surface area contributed by atoms with E-state index in [9.17, 15) is 24.2 Å². The molecule has 30 heavy (non-hydrogen) atoms. The van der Waals surface area contributed by atoms with Crippen molar-refractivity contribution in [3.63, 3.8) is 0 Å². The minimum Gasteiger partial charge on any atom is -0.477 e. The lowest BCUT2D eigenvalue weighted by molar-refractivity contribution is 0.0596. The fraction of sp³-hybridized carbons (Fsp3) is 0.273. The number of carboxylic acids is 1. The third-order valence-corrected chi connectivity index (χ3v) is 5.27. The second-order valence-corrected chi connectivity index (χ2v) is 7.40. The molecule has 0 spiro atoms.